The third kappa shape index (κ3) is 4.55. The van der Waals surface area contributed by atoms with Gasteiger partial charge in [0.05, 0.1) is 17.9 Å². The van der Waals surface area contributed by atoms with Gasteiger partial charge in [-0.3, -0.25) is 4.79 Å². The number of alkyl halides is 3. The van der Waals surface area contributed by atoms with Crippen molar-refractivity contribution in [3.05, 3.63) is 78.0 Å². The Balaban J connectivity index is 1.41. The normalized spacial score (nSPS) is 11.6. The Labute approximate surface area is 175 Å². The molecule has 2 aromatic carbocycles. The van der Waals surface area contributed by atoms with Crippen LogP contribution in [0.5, 0.6) is 5.75 Å². The van der Waals surface area contributed by atoms with Gasteiger partial charge in [-0.15, -0.1) is 0 Å². The molecule has 0 radical (unpaired) electrons. The lowest BCUT2D eigenvalue weighted by Crippen LogP contribution is -2.16. The highest BCUT2D eigenvalue weighted by atomic mass is 19.4. The lowest BCUT2D eigenvalue weighted by Gasteiger charge is -2.09. The third-order valence-corrected chi connectivity index (χ3v) is 4.87. The van der Waals surface area contributed by atoms with E-state index in [9.17, 15) is 18.0 Å². The zero-order valence-electron chi connectivity index (χ0n) is 16.5. The van der Waals surface area contributed by atoms with Crippen molar-refractivity contribution in [3.63, 3.8) is 0 Å². The average molecular weight is 428 g/mol. The molecule has 0 aliphatic carbocycles. The van der Waals surface area contributed by atoms with Crippen LogP contribution in [0, 0.1) is 0 Å². The number of carbonyl (C=O) groups excluding carboxylic acids is 1. The molecule has 0 bridgehead atoms. The highest BCUT2D eigenvalue weighted by molar-refractivity contribution is 6.07. The molecular formula is C22H19F3N4O2. The number of ether oxygens (including phenoxy) is 1. The minimum absolute atomic E-state index is 0.290. The number of halogens is 3. The highest BCUT2D eigenvalue weighted by Gasteiger charge is 2.29. The summed E-state index contributed by atoms with van der Waals surface area (Å²) in [6, 6.07) is 10.5. The second-order valence-corrected chi connectivity index (χ2v) is 7.02. The molecule has 1 amide bonds. The van der Waals surface area contributed by atoms with E-state index in [0.29, 0.717) is 30.3 Å². The maximum atomic E-state index is 12.6. The zero-order valence-corrected chi connectivity index (χ0v) is 16.5. The molecule has 0 unspecified atom stereocenters. The molecule has 160 valence electrons. The molecule has 0 saturated heterocycles. The van der Waals surface area contributed by atoms with Gasteiger partial charge in [0.25, 0.3) is 5.91 Å². The number of rotatable bonds is 6. The Bertz CT molecular complexity index is 1210. The number of aromatic amines is 1. The molecule has 31 heavy (non-hydrogen) atoms. The Morgan fingerprint density at radius 1 is 1.19 bits per heavy atom. The zero-order chi connectivity index (χ0) is 22.0. The smallest absolute Gasteiger partial charge is 0.416 e. The fourth-order valence-corrected chi connectivity index (χ4v) is 3.20. The predicted molar refractivity (Wildman–Crippen MR) is 110 cm³/mol. The summed E-state index contributed by atoms with van der Waals surface area (Å²) in [7, 11) is 1.74. The summed E-state index contributed by atoms with van der Waals surface area (Å²) in [4.78, 5) is 19.6. The van der Waals surface area contributed by atoms with E-state index in [-0.39, 0.29) is 5.91 Å². The van der Waals surface area contributed by atoms with E-state index in [1.807, 2.05) is 6.07 Å². The minimum atomic E-state index is -4.34. The number of hydrogen-bond donors (Lipinski definition) is 2. The number of nitrogens with zero attached hydrogens (tertiary/aromatic N) is 2. The third-order valence-electron chi connectivity index (χ3n) is 4.87. The van der Waals surface area contributed by atoms with E-state index in [0.717, 1.165) is 28.6 Å². The fraction of sp³-hybridized carbons (Fsp3) is 0.182. The Hall–Kier alpha value is -3.75. The van der Waals surface area contributed by atoms with E-state index in [1.165, 1.54) is 12.1 Å². The molecule has 4 rings (SSSR count). The van der Waals surface area contributed by atoms with Crippen LogP contribution in [0.2, 0.25) is 0 Å². The quantitative estimate of drug-likeness (QED) is 0.464. The lowest BCUT2D eigenvalue weighted by atomic mass is 10.1. The van der Waals surface area contributed by atoms with E-state index >= 15 is 0 Å². The molecule has 0 aliphatic rings. The highest BCUT2D eigenvalue weighted by Crippen LogP contribution is 2.30. The lowest BCUT2D eigenvalue weighted by molar-refractivity contribution is -0.137. The Morgan fingerprint density at radius 2 is 1.97 bits per heavy atom. The van der Waals surface area contributed by atoms with Crippen molar-refractivity contribution in [1.29, 1.82) is 0 Å². The van der Waals surface area contributed by atoms with Crippen LogP contribution in [0.25, 0.3) is 10.9 Å². The number of benzene rings is 2. The van der Waals surface area contributed by atoms with Crippen molar-refractivity contribution in [2.75, 3.05) is 11.9 Å². The maximum Gasteiger partial charge on any atom is 0.416 e. The molecule has 2 aromatic heterocycles. The van der Waals surface area contributed by atoms with Crippen LogP contribution in [0.15, 0.2) is 61.1 Å². The number of carbonyl (C=O) groups is 1. The molecule has 0 atom stereocenters. The van der Waals surface area contributed by atoms with Crippen molar-refractivity contribution in [3.8, 4) is 5.75 Å². The molecule has 9 heteroatoms. The molecule has 4 aromatic rings. The number of hydrogen-bond acceptors (Lipinski definition) is 3. The van der Waals surface area contributed by atoms with E-state index in [2.05, 4.69) is 15.3 Å². The molecule has 0 fully saturated rings. The first-order chi connectivity index (χ1) is 14.8. The van der Waals surface area contributed by atoms with E-state index < -0.39 is 11.7 Å². The van der Waals surface area contributed by atoms with Crippen LogP contribution in [-0.4, -0.2) is 27.0 Å². The standard InChI is InChI=1S/C22H19F3N4O2/c1-29-10-9-26-20(29)21(30)28-19-13-27-18-7-6-16(12-17(18)19)31-11-8-14-2-4-15(5-3-14)22(23,24)25/h2-7,9-10,12-13,27H,8,11H2,1H3,(H,28,30). The summed E-state index contributed by atoms with van der Waals surface area (Å²) in [5, 5.41) is 3.61. The number of anilines is 1. The van der Waals surface area contributed by atoms with Gasteiger partial charge >= 0.3 is 6.18 Å². The van der Waals surface area contributed by atoms with Crippen molar-refractivity contribution >= 4 is 22.5 Å². The van der Waals surface area contributed by atoms with Crippen molar-refractivity contribution in [2.45, 2.75) is 12.6 Å². The summed E-state index contributed by atoms with van der Waals surface area (Å²) in [5.74, 6) is 0.548. The van der Waals surface area contributed by atoms with Gasteiger partial charge in [-0.2, -0.15) is 13.2 Å². The summed E-state index contributed by atoms with van der Waals surface area (Å²) in [6.45, 7) is 0.302. The summed E-state index contributed by atoms with van der Waals surface area (Å²) in [6.07, 6.45) is 1.05. The van der Waals surface area contributed by atoms with E-state index in [4.69, 9.17) is 4.74 Å². The summed E-state index contributed by atoms with van der Waals surface area (Å²) < 4.78 is 45.3. The number of aromatic nitrogens is 3. The van der Waals surface area contributed by atoms with Crippen molar-refractivity contribution in [2.24, 2.45) is 7.05 Å². The summed E-state index contributed by atoms with van der Waals surface area (Å²) >= 11 is 0. The Morgan fingerprint density at radius 3 is 2.65 bits per heavy atom. The van der Waals surface area contributed by atoms with Gasteiger partial charge in [0.1, 0.15) is 5.75 Å². The van der Waals surface area contributed by atoms with Crippen molar-refractivity contribution < 1.29 is 22.7 Å². The SMILES string of the molecule is Cn1ccnc1C(=O)Nc1c[nH]c2ccc(OCCc3ccc(C(F)(F)F)cc3)cc12. The second-order valence-electron chi connectivity index (χ2n) is 7.02. The van der Waals surface area contributed by atoms with Crippen LogP contribution < -0.4 is 10.1 Å². The molecule has 0 saturated carbocycles. The van der Waals surface area contributed by atoms with Gasteiger partial charge in [-0.25, -0.2) is 4.98 Å². The number of fused-ring (bicyclic) bond motifs is 1. The van der Waals surface area contributed by atoms with Gasteiger partial charge in [0.15, 0.2) is 5.82 Å². The van der Waals surface area contributed by atoms with Crippen LogP contribution in [0.4, 0.5) is 18.9 Å². The average Bonchev–Trinajstić information content (AvgIpc) is 3.34. The topological polar surface area (TPSA) is 71.9 Å². The monoisotopic (exact) mass is 428 g/mol. The molecule has 2 N–H and O–H groups in total. The van der Waals surface area contributed by atoms with Crippen LogP contribution in [-0.2, 0) is 19.6 Å². The van der Waals surface area contributed by atoms with E-state index in [1.54, 1.807) is 42.3 Å². The van der Waals surface area contributed by atoms with Gasteiger partial charge in [-0.1, -0.05) is 12.1 Å². The molecule has 0 aliphatic heterocycles. The van der Waals surface area contributed by atoms with Crippen LogP contribution in [0.3, 0.4) is 0 Å². The van der Waals surface area contributed by atoms with Gasteiger partial charge in [0.2, 0.25) is 0 Å². The molecule has 2 heterocycles. The van der Waals surface area contributed by atoms with Gasteiger partial charge < -0.3 is 19.6 Å². The minimum Gasteiger partial charge on any atom is -0.493 e. The maximum absolute atomic E-state index is 12.6. The number of amides is 1. The number of nitrogens with one attached hydrogen (secondary N) is 2. The number of imidazole rings is 1. The molecular weight excluding hydrogens is 409 g/mol. The number of aryl methyl sites for hydroxylation is 1. The first kappa shape index (κ1) is 20.5. The van der Waals surface area contributed by atoms with Gasteiger partial charge in [0, 0.05) is 43.0 Å². The van der Waals surface area contributed by atoms with Gasteiger partial charge in [-0.05, 0) is 35.9 Å². The molecule has 0 spiro atoms. The number of H-pyrrole nitrogens is 1. The second kappa shape index (κ2) is 8.17. The largest absolute Gasteiger partial charge is 0.493 e. The fourth-order valence-electron chi connectivity index (χ4n) is 3.20. The summed E-state index contributed by atoms with van der Waals surface area (Å²) in [5.41, 5.74) is 1.50. The molecule has 6 nitrogen and oxygen atoms in total. The first-order valence-electron chi connectivity index (χ1n) is 9.50. The predicted octanol–water partition coefficient (Wildman–Crippen LogP) is 4.79. The van der Waals surface area contributed by atoms with Crippen LogP contribution in [0.1, 0.15) is 21.7 Å². The Kier molecular flexibility index (Phi) is 5.41. The van der Waals surface area contributed by atoms with Crippen LogP contribution >= 0.6 is 0 Å². The first-order valence-corrected chi connectivity index (χ1v) is 9.50. The van der Waals surface area contributed by atoms with Crippen molar-refractivity contribution in [1.82, 2.24) is 14.5 Å².